The van der Waals surface area contributed by atoms with Gasteiger partial charge < -0.3 is 14.2 Å². The number of carbonyl (C=O) groups excluding carboxylic acids is 4. The molecule has 0 saturated carbocycles. The van der Waals surface area contributed by atoms with Crippen LogP contribution in [0.2, 0.25) is 0 Å². The number of ether oxygens (including phenoxy) is 3. The van der Waals surface area contributed by atoms with Gasteiger partial charge in [-0.15, -0.1) is 0 Å². The monoisotopic (exact) mass is 404 g/mol. The Bertz CT molecular complexity index is 804. The SMILES string of the molecule is C=C1C(=O)O[C@@H]2C/C(C)=C\CC(=O)[C@](C)(OC(C)=O)C[C@H](OC(=O)/C(C)=C/C)[C@@H]12. The predicted octanol–water partition coefficient (Wildman–Crippen LogP) is 2.98. The van der Waals surface area contributed by atoms with Gasteiger partial charge in [-0.2, -0.15) is 0 Å². The van der Waals surface area contributed by atoms with Crippen LogP contribution in [0, 0.1) is 5.92 Å². The average molecular weight is 404 g/mol. The minimum atomic E-state index is -1.52. The van der Waals surface area contributed by atoms with Crippen LogP contribution in [-0.2, 0) is 33.4 Å². The van der Waals surface area contributed by atoms with E-state index in [9.17, 15) is 19.2 Å². The number of Topliss-reactive ketones (excluding diaryl/α,β-unsaturated/α-hetero) is 1. The van der Waals surface area contributed by atoms with Crippen LogP contribution >= 0.6 is 0 Å². The van der Waals surface area contributed by atoms with Gasteiger partial charge in [0.25, 0.3) is 0 Å². The fraction of sp³-hybridized carbons (Fsp3) is 0.545. The van der Waals surface area contributed by atoms with Crippen molar-refractivity contribution in [2.75, 3.05) is 0 Å². The fourth-order valence-electron chi connectivity index (χ4n) is 3.67. The first-order valence-corrected chi connectivity index (χ1v) is 9.60. The molecule has 0 spiro atoms. The molecule has 1 heterocycles. The van der Waals surface area contributed by atoms with Gasteiger partial charge >= 0.3 is 17.9 Å². The van der Waals surface area contributed by atoms with Crippen molar-refractivity contribution >= 4 is 23.7 Å². The number of hydrogen-bond donors (Lipinski definition) is 0. The van der Waals surface area contributed by atoms with E-state index in [4.69, 9.17) is 14.2 Å². The average Bonchev–Trinajstić information content (AvgIpc) is 2.90. The van der Waals surface area contributed by atoms with E-state index < -0.39 is 41.6 Å². The van der Waals surface area contributed by atoms with E-state index in [1.165, 1.54) is 13.8 Å². The van der Waals surface area contributed by atoms with E-state index in [0.29, 0.717) is 12.0 Å². The number of esters is 3. The maximum absolute atomic E-state index is 12.9. The number of fused-ring (bicyclic) bond motifs is 1. The van der Waals surface area contributed by atoms with Gasteiger partial charge in [0, 0.05) is 37.3 Å². The molecule has 0 unspecified atom stereocenters. The van der Waals surface area contributed by atoms with Gasteiger partial charge in [0.1, 0.15) is 12.2 Å². The van der Waals surface area contributed by atoms with Crippen molar-refractivity contribution < 1.29 is 33.4 Å². The third-order valence-electron chi connectivity index (χ3n) is 5.45. The lowest BCUT2D eigenvalue weighted by Gasteiger charge is -2.35. The van der Waals surface area contributed by atoms with E-state index in [1.807, 2.05) is 6.92 Å². The van der Waals surface area contributed by atoms with Gasteiger partial charge in [-0.05, 0) is 27.7 Å². The van der Waals surface area contributed by atoms with Crippen LogP contribution in [0.5, 0.6) is 0 Å². The van der Waals surface area contributed by atoms with Gasteiger partial charge in [-0.25, -0.2) is 9.59 Å². The Balaban J connectivity index is 2.54. The normalized spacial score (nSPS) is 32.6. The van der Waals surface area contributed by atoms with Crippen LogP contribution in [-0.4, -0.2) is 41.5 Å². The van der Waals surface area contributed by atoms with Gasteiger partial charge in [0.2, 0.25) is 0 Å². The summed E-state index contributed by atoms with van der Waals surface area (Å²) in [7, 11) is 0. The maximum Gasteiger partial charge on any atom is 0.334 e. The number of rotatable bonds is 3. The fourth-order valence-corrected chi connectivity index (χ4v) is 3.67. The van der Waals surface area contributed by atoms with Crippen molar-refractivity contribution in [3.8, 4) is 0 Å². The Hall–Kier alpha value is -2.70. The molecule has 158 valence electrons. The molecule has 29 heavy (non-hydrogen) atoms. The summed E-state index contributed by atoms with van der Waals surface area (Å²) < 4.78 is 16.6. The summed E-state index contributed by atoms with van der Waals surface area (Å²) in [5.41, 5.74) is -0.119. The second-order valence-corrected chi connectivity index (χ2v) is 7.82. The summed E-state index contributed by atoms with van der Waals surface area (Å²) in [6.45, 7) is 11.7. The van der Waals surface area contributed by atoms with E-state index in [2.05, 4.69) is 6.58 Å². The Morgan fingerprint density at radius 2 is 1.97 bits per heavy atom. The number of hydrogen-bond acceptors (Lipinski definition) is 7. The second-order valence-electron chi connectivity index (χ2n) is 7.82. The molecule has 0 radical (unpaired) electrons. The Kier molecular flexibility index (Phi) is 6.82. The highest BCUT2D eigenvalue weighted by atomic mass is 16.6. The highest BCUT2D eigenvalue weighted by Gasteiger charge is 2.50. The van der Waals surface area contributed by atoms with Gasteiger partial charge in [0.15, 0.2) is 11.4 Å². The largest absolute Gasteiger partial charge is 0.458 e. The van der Waals surface area contributed by atoms with Gasteiger partial charge in [-0.3, -0.25) is 9.59 Å². The molecule has 0 aromatic heterocycles. The topological polar surface area (TPSA) is 96.0 Å². The van der Waals surface area contributed by atoms with Gasteiger partial charge in [0.05, 0.1) is 5.92 Å². The molecule has 0 amide bonds. The third kappa shape index (κ3) is 5.02. The molecule has 2 rings (SSSR count). The van der Waals surface area contributed by atoms with Crippen molar-refractivity contribution in [1.29, 1.82) is 0 Å². The zero-order valence-electron chi connectivity index (χ0n) is 17.6. The van der Waals surface area contributed by atoms with Crippen LogP contribution in [0.1, 0.15) is 53.9 Å². The first-order chi connectivity index (χ1) is 13.5. The summed E-state index contributed by atoms with van der Waals surface area (Å²) in [6, 6.07) is 0. The number of allylic oxidation sites excluding steroid dienone is 2. The minimum absolute atomic E-state index is 0.0520. The molecular weight excluding hydrogens is 376 g/mol. The lowest BCUT2D eigenvalue weighted by atomic mass is 9.79. The van der Waals surface area contributed by atoms with Crippen molar-refractivity contribution in [2.24, 2.45) is 5.92 Å². The van der Waals surface area contributed by atoms with Gasteiger partial charge in [-0.1, -0.05) is 24.3 Å². The smallest absolute Gasteiger partial charge is 0.334 e. The quantitative estimate of drug-likeness (QED) is 0.309. The molecule has 0 bridgehead atoms. The maximum atomic E-state index is 12.9. The van der Waals surface area contributed by atoms with Crippen molar-refractivity contribution in [1.82, 2.24) is 0 Å². The molecule has 1 fully saturated rings. The number of carbonyl (C=O) groups is 4. The van der Waals surface area contributed by atoms with E-state index in [0.717, 1.165) is 5.57 Å². The lowest BCUT2D eigenvalue weighted by Crippen LogP contribution is -2.47. The Morgan fingerprint density at radius 3 is 2.55 bits per heavy atom. The molecular formula is C22H28O7. The molecule has 1 aliphatic heterocycles. The Labute approximate surface area is 170 Å². The predicted molar refractivity (Wildman–Crippen MR) is 105 cm³/mol. The molecule has 1 aliphatic carbocycles. The zero-order chi connectivity index (χ0) is 21.9. The molecule has 4 atom stereocenters. The lowest BCUT2D eigenvalue weighted by molar-refractivity contribution is -0.171. The Morgan fingerprint density at radius 1 is 1.31 bits per heavy atom. The standard InChI is InChI=1S/C22H28O7/c1-7-13(3)20(25)28-17-11-22(6,29-15(5)23)18(24)9-8-12(2)10-16-19(17)14(4)21(26)27-16/h7-8,16-17,19H,4,9-11H2,1-3,5-6H3/b12-8-,13-7+/t16-,17+,19+,22-/m1/s1. The molecule has 0 aromatic carbocycles. The molecule has 1 saturated heterocycles. The van der Waals surface area contributed by atoms with Crippen LogP contribution in [0.15, 0.2) is 35.5 Å². The zero-order valence-corrected chi connectivity index (χ0v) is 17.6. The van der Waals surface area contributed by atoms with Crippen LogP contribution in [0.4, 0.5) is 0 Å². The first kappa shape index (κ1) is 22.6. The summed E-state index contributed by atoms with van der Waals surface area (Å²) in [5, 5.41) is 0. The van der Waals surface area contributed by atoms with Crippen LogP contribution < -0.4 is 0 Å². The van der Waals surface area contributed by atoms with Crippen molar-refractivity contribution in [3.63, 3.8) is 0 Å². The van der Waals surface area contributed by atoms with E-state index >= 15 is 0 Å². The molecule has 7 heteroatoms. The number of ketones is 1. The highest BCUT2D eigenvalue weighted by Crippen LogP contribution is 2.39. The molecule has 0 aromatic rings. The second kappa shape index (κ2) is 8.76. The summed E-state index contributed by atoms with van der Waals surface area (Å²) in [6.07, 6.45) is 2.18. The van der Waals surface area contributed by atoms with Crippen molar-refractivity contribution in [2.45, 2.75) is 71.7 Å². The van der Waals surface area contributed by atoms with E-state index in [-0.39, 0.29) is 24.2 Å². The van der Waals surface area contributed by atoms with E-state index in [1.54, 1.807) is 26.0 Å². The van der Waals surface area contributed by atoms with Crippen molar-refractivity contribution in [3.05, 3.63) is 35.5 Å². The molecule has 2 aliphatic rings. The van der Waals surface area contributed by atoms with Crippen LogP contribution in [0.25, 0.3) is 0 Å². The third-order valence-corrected chi connectivity index (χ3v) is 5.45. The molecule has 7 nitrogen and oxygen atoms in total. The summed E-state index contributed by atoms with van der Waals surface area (Å²) >= 11 is 0. The summed E-state index contributed by atoms with van der Waals surface area (Å²) in [4.78, 5) is 49.3. The van der Waals surface area contributed by atoms with Crippen LogP contribution in [0.3, 0.4) is 0 Å². The summed E-state index contributed by atoms with van der Waals surface area (Å²) in [5.74, 6) is -2.73. The minimum Gasteiger partial charge on any atom is -0.458 e. The highest BCUT2D eigenvalue weighted by molar-refractivity contribution is 5.93. The molecule has 0 N–H and O–H groups in total. The first-order valence-electron chi connectivity index (χ1n) is 9.60.